The Morgan fingerprint density at radius 2 is 1.86 bits per heavy atom. The van der Waals surface area contributed by atoms with E-state index in [1.165, 1.54) is 14.2 Å². The van der Waals surface area contributed by atoms with Crippen LogP contribution in [0, 0.1) is 12.3 Å². The van der Waals surface area contributed by atoms with Gasteiger partial charge in [-0.2, -0.15) is 0 Å². The van der Waals surface area contributed by atoms with E-state index in [4.69, 9.17) is 20.6 Å². The van der Waals surface area contributed by atoms with Crippen LogP contribution >= 0.6 is 0 Å². The molecule has 0 aromatic carbocycles. The standard InChI is InChI=1S/C10H16O4/c1-5-7-9(12-3)10(13-4)8(11)6(2)14-7/h1,6-11H,2-4H3/t6?,7-,8-,9-,10+/m0/s1. The van der Waals surface area contributed by atoms with Gasteiger partial charge in [-0.1, -0.05) is 5.92 Å². The molecule has 5 atom stereocenters. The highest BCUT2D eigenvalue weighted by Crippen LogP contribution is 2.24. The fourth-order valence-electron chi connectivity index (χ4n) is 1.69. The summed E-state index contributed by atoms with van der Waals surface area (Å²) in [5.74, 6) is 2.48. The summed E-state index contributed by atoms with van der Waals surface area (Å²) in [6, 6.07) is 0. The van der Waals surface area contributed by atoms with Gasteiger partial charge >= 0.3 is 0 Å². The minimum Gasteiger partial charge on any atom is -0.388 e. The molecule has 1 heterocycles. The summed E-state index contributed by atoms with van der Waals surface area (Å²) in [4.78, 5) is 0. The van der Waals surface area contributed by atoms with Gasteiger partial charge in [-0.3, -0.25) is 0 Å². The van der Waals surface area contributed by atoms with E-state index in [9.17, 15) is 5.11 Å². The highest BCUT2D eigenvalue weighted by atomic mass is 16.6. The van der Waals surface area contributed by atoms with Crippen molar-refractivity contribution in [2.24, 2.45) is 0 Å². The molecule has 4 heteroatoms. The van der Waals surface area contributed by atoms with Crippen LogP contribution in [0.1, 0.15) is 6.92 Å². The lowest BCUT2D eigenvalue weighted by Crippen LogP contribution is -2.57. The first kappa shape index (κ1) is 11.5. The summed E-state index contributed by atoms with van der Waals surface area (Å²) in [7, 11) is 3.04. The zero-order valence-corrected chi connectivity index (χ0v) is 8.64. The third kappa shape index (κ3) is 1.91. The highest BCUT2D eigenvalue weighted by Gasteiger charge is 2.43. The first-order chi connectivity index (χ1) is 6.65. The van der Waals surface area contributed by atoms with Crippen molar-refractivity contribution in [2.75, 3.05) is 14.2 Å². The van der Waals surface area contributed by atoms with Crippen LogP contribution < -0.4 is 0 Å². The van der Waals surface area contributed by atoms with E-state index in [1.54, 1.807) is 6.92 Å². The molecule has 14 heavy (non-hydrogen) atoms. The Kier molecular flexibility index (Phi) is 3.90. The largest absolute Gasteiger partial charge is 0.388 e. The van der Waals surface area contributed by atoms with Crippen LogP contribution in [0.5, 0.6) is 0 Å². The number of terminal acetylenes is 1. The van der Waals surface area contributed by atoms with E-state index in [0.717, 1.165) is 0 Å². The summed E-state index contributed by atoms with van der Waals surface area (Å²) < 4.78 is 15.7. The molecule has 1 rings (SSSR count). The summed E-state index contributed by atoms with van der Waals surface area (Å²) >= 11 is 0. The highest BCUT2D eigenvalue weighted by molar-refractivity contribution is 5.06. The van der Waals surface area contributed by atoms with Crippen LogP contribution in [-0.4, -0.2) is 49.8 Å². The molecule has 0 aromatic rings. The number of aliphatic hydroxyl groups excluding tert-OH is 1. The second kappa shape index (κ2) is 4.76. The van der Waals surface area contributed by atoms with E-state index < -0.39 is 24.4 Å². The summed E-state index contributed by atoms with van der Waals surface area (Å²) in [5, 5.41) is 9.75. The van der Waals surface area contributed by atoms with Crippen molar-refractivity contribution < 1.29 is 19.3 Å². The molecule has 0 radical (unpaired) electrons. The lowest BCUT2D eigenvalue weighted by atomic mass is 9.95. The molecular weight excluding hydrogens is 184 g/mol. The number of aliphatic hydroxyl groups is 1. The van der Waals surface area contributed by atoms with E-state index >= 15 is 0 Å². The van der Waals surface area contributed by atoms with Gasteiger partial charge in [0.15, 0.2) is 0 Å². The Hall–Kier alpha value is -0.600. The van der Waals surface area contributed by atoms with E-state index in [0.29, 0.717) is 0 Å². The Labute approximate surface area is 84.2 Å². The van der Waals surface area contributed by atoms with Gasteiger partial charge in [0.25, 0.3) is 0 Å². The van der Waals surface area contributed by atoms with Crippen LogP contribution in [-0.2, 0) is 14.2 Å². The minimum absolute atomic E-state index is 0.340. The number of rotatable bonds is 2. The molecule has 1 aliphatic heterocycles. The Bertz CT molecular complexity index is 223. The molecule has 4 nitrogen and oxygen atoms in total. The molecule has 1 N–H and O–H groups in total. The smallest absolute Gasteiger partial charge is 0.147 e. The topological polar surface area (TPSA) is 47.9 Å². The monoisotopic (exact) mass is 200 g/mol. The lowest BCUT2D eigenvalue weighted by Gasteiger charge is -2.40. The molecule has 0 saturated carbocycles. The lowest BCUT2D eigenvalue weighted by molar-refractivity contribution is -0.217. The molecule has 0 bridgehead atoms. The summed E-state index contributed by atoms with van der Waals surface area (Å²) in [5.41, 5.74) is 0. The maximum Gasteiger partial charge on any atom is 0.147 e. The van der Waals surface area contributed by atoms with Crippen molar-refractivity contribution in [2.45, 2.75) is 37.4 Å². The van der Waals surface area contributed by atoms with Crippen LogP contribution in [0.4, 0.5) is 0 Å². The van der Waals surface area contributed by atoms with Gasteiger partial charge < -0.3 is 19.3 Å². The molecule has 1 fully saturated rings. The summed E-state index contributed by atoms with van der Waals surface area (Å²) in [6.45, 7) is 1.76. The Balaban J connectivity index is 2.82. The van der Waals surface area contributed by atoms with E-state index in [1.807, 2.05) is 0 Å². The molecule has 0 aromatic heterocycles. The first-order valence-corrected chi connectivity index (χ1v) is 4.51. The zero-order valence-electron chi connectivity index (χ0n) is 8.64. The maximum absolute atomic E-state index is 9.75. The van der Waals surface area contributed by atoms with Gasteiger partial charge in [0.05, 0.1) is 6.10 Å². The van der Waals surface area contributed by atoms with Crippen LogP contribution in [0.2, 0.25) is 0 Å². The summed E-state index contributed by atoms with van der Waals surface area (Å²) in [6.07, 6.45) is 2.92. The molecule has 1 unspecified atom stereocenters. The second-order valence-corrected chi connectivity index (χ2v) is 3.32. The average Bonchev–Trinajstić information content (AvgIpc) is 2.20. The van der Waals surface area contributed by atoms with Crippen molar-refractivity contribution in [1.82, 2.24) is 0 Å². The Morgan fingerprint density at radius 3 is 2.29 bits per heavy atom. The van der Waals surface area contributed by atoms with E-state index in [-0.39, 0.29) is 6.10 Å². The maximum atomic E-state index is 9.75. The first-order valence-electron chi connectivity index (χ1n) is 4.51. The van der Waals surface area contributed by atoms with Gasteiger partial charge in [0, 0.05) is 14.2 Å². The number of ether oxygens (including phenoxy) is 3. The fourth-order valence-corrected chi connectivity index (χ4v) is 1.69. The van der Waals surface area contributed by atoms with Gasteiger partial charge in [-0.05, 0) is 6.92 Å². The normalized spacial score (nSPS) is 43.2. The molecular formula is C10H16O4. The van der Waals surface area contributed by atoms with Gasteiger partial charge in [0.1, 0.15) is 24.4 Å². The third-order valence-corrected chi connectivity index (χ3v) is 2.51. The van der Waals surface area contributed by atoms with Crippen molar-refractivity contribution in [1.29, 1.82) is 0 Å². The SMILES string of the molecule is C#C[C@@H]1OC(C)[C@H](O)[C@@H](OC)[C@H]1OC. The van der Waals surface area contributed by atoms with Crippen LogP contribution in [0.25, 0.3) is 0 Å². The molecule has 80 valence electrons. The van der Waals surface area contributed by atoms with Crippen LogP contribution in [0.3, 0.4) is 0 Å². The van der Waals surface area contributed by atoms with Crippen molar-refractivity contribution in [3.8, 4) is 12.3 Å². The quantitative estimate of drug-likeness (QED) is 0.627. The van der Waals surface area contributed by atoms with Crippen LogP contribution in [0.15, 0.2) is 0 Å². The van der Waals surface area contributed by atoms with Crippen molar-refractivity contribution in [3.63, 3.8) is 0 Å². The average molecular weight is 200 g/mol. The number of hydrogen-bond donors (Lipinski definition) is 1. The number of hydrogen-bond acceptors (Lipinski definition) is 4. The van der Waals surface area contributed by atoms with Gasteiger partial charge in [-0.15, -0.1) is 6.42 Å². The predicted octanol–water partition coefficient (Wildman–Crippen LogP) is -0.202. The second-order valence-electron chi connectivity index (χ2n) is 3.32. The zero-order chi connectivity index (χ0) is 10.7. The van der Waals surface area contributed by atoms with Gasteiger partial charge in [0.2, 0.25) is 0 Å². The molecule has 0 spiro atoms. The molecule has 0 amide bonds. The molecule has 1 aliphatic rings. The minimum atomic E-state index is -0.713. The number of methoxy groups -OCH3 is 2. The predicted molar refractivity (Wildman–Crippen MR) is 50.8 cm³/mol. The Morgan fingerprint density at radius 1 is 1.29 bits per heavy atom. The van der Waals surface area contributed by atoms with Crippen molar-refractivity contribution >= 4 is 0 Å². The fraction of sp³-hybridized carbons (Fsp3) is 0.800. The molecule has 1 saturated heterocycles. The molecule has 0 aliphatic carbocycles. The third-order valence-electron chi connectivity index (χ3n) is 2.51. The van der Waals surface area contributed by atoms with Gasteiger partial charge in [-0.25, -0.2) is 0 Å². The van der Waals surface area contributed by atoms with E-state index in [2.05, 4.69) is 5.92 Å². The van der Waals surface area contributed by atoms with Crippen molar-refractivity contribution in [3.05, 3.63) is 0 Å².